The van der Waals surface area contributed by atoms with Gasteiger partial charge < -0.3 is 4.90 Å². The molecule has 0 spiro atoms. The molecule has 0 unspecified atom stereocenters. The molecular weight excluding hydrogens is 318 g/mol. The second-order valence-electron chi connectivity index (χ2n) is 4.95. The van der Waals surface area contributed by atoms with Crippen molar-refractivity contribution in [3.63, 3.8) is 0 Å². The van der Waals surface area contributed by atoms with Gasteiger partial charge in [-0.05, 0) is 43.3 Å². The lowest BCUT2D eigenvalue weighted by Crippen LogP contribution is -2.07. The summed E-state index contributed by atoms with van der Waals surface area (Å²) >= 11 is 0.675. The van der Waals surface area contributed by atoms with Gasteiger partial charge in [0.15, 0.2) is 0 Å². The van der Waals surface area contributed by atoms with E-state index in [0.717, 1.165) is 11.3 Å². The minimum Gasteiger partial charge on any atom is -0.378 e. The maximum atomic E-state index is 12.0. The van der Waals surface area contributed by atoms with Crippen molar-refractivity contribution >= 4 is 32.8 Å². The normalized spacial score (nSPS) is 10.9. The van der Waals surface area contributed by atoms with Gasteiger partial charge in [-0.3, -0.25) is 0 Å². The van der Waals surface area contributed by atoms with Gasteiger partial charge in [0, 0.05) is 19.8 Å². The van der Waals surface area contributed by atoms with Crippen molar-refractivity contribution in [2.45, 2.75) is 11.8 Å². The zero-order valence-corrected chi connectivity index (χ0v) is 14.2. The Kier molecular flexibility index (Phi) is 5.10. The Labute approximate surface area is 134 Å². The predicted octanol–water partition coefficient (Wildman–Crippen LogP) is 3.53. The topological polar surface area (TPSA) is 62.1 Å². The second kappa shape index (κ2) is 6.85. The number of benzene rings is 2. The third-order valence-electron chi connectivity index (χ3n) is 2.96. The van der Waals surface area contributed by atoms with E-state index in [1.165, 1.54) is 0 Å². The lowest BCUT2D eigenvalue weighted by Gasteiger charge is -2.11. The Morgan fingerprint density at radius 3 is 2.09 bits per heavy atom. The van der Waals surface area contributed by atoms with E-state index < -0.39 is 10.0 Å². The number of nitrogens with zero attached hydrogens (tertiary/aromatic N) is 3. The van der Waals surface area contributed by atoms with Gasteiger partial charge in [-0.1, -0.05) is 21.5 Å². The SMILES string of the molecule is Cc1ccc(S(=O)(=O)N=S=Nc2ccc(N(C)C)cc2)cc1. The first kappa shape index (κ1) is 16.4. The van der Waals surface area contributed by atoms with E-state index in [1.807, 2.05) is 50.2 Å². The Hall–Kier alpha value is -1.99. The molecule has 5 nitrogen and oxygen atoms in total. The van der Waals surface area contributed by atoms with Gasteiger partial charge >= 0.3 is 0 Å². The van der Waals surface area contributed by atoms with E-state index in [9.17, 15) is 8.42 Å². The molecule has 22 heavy (non-hydrogen) atoms. The van der Waals surface area contributed by atoms with Crippen LogP contribution in [0.4, 0.5) is 11.4 Å². The third-order valence-corrected chi connectivity index (χ3v) is 5.17. The molecule has 2 rings (SSSR count). The smallest absolute Gasteiger partial charge is 0.293 e. The summed E-state index contributed by atoms with van der Waals surface area (Å²) in [5.41, 5.74) is 2.71. The van der Waals surface area contributed by atoms with E-state index in [1.54, 1.807) is 24.3 Å². The molecule has 0 fully saturated rings. The fourth-order valence-electron chi connectivity index (χ4n) is 1.67. The van der Waals surface area contributed by atoms with E-state index in [0.29, 0.717) is 17.0 Å². The highest BCUT2D eigenvalue weighted by Gasteiger charge is 2.10. The largest absolute Gasteiger partial charge is 0.378 e. The third kappa shape index (κ3) is 4.25. The fourth-order valence-corrected chi connectivity index (χ4v) is 3.20. The van der Waals surface area contributed by atoms with Crippen molar-refractivity contribution < 1.29 is 8.42 Å². The summed E-state index contributed by atoms with van der Waals surface area (Å²) in [5, 5.41) is 0. The van der Waals surface area contributed by atoms with E-state index in [2.05, 4.69) is 8.13 Å². The van der Waals surface area contributed by atoms with Crippen LogP contribution < -0.4 is 4.90 Å². The van der Waals surface area contributed by atoms with Crippen molar-refractivity contribution in [3.8, 4) is 0 Å². The van der Waals surface area contributed by atoms with Gasteiger partial charge in [-0.2, -0.15) is 12.8 Å². The van der Waals surface area contributed by atoms with Gasteiger partial charge in [-0.15, -0.1) is 0 Å². The average molecular weight is 335 g/mol. The predicted molar refractivity (Wildman–Crippen MR) is 91.0 cm³/mol. The fraction of sp³-hybridized carbons (Fsp3) is 0.200. The Bertz CT molecular complexity index is 805. The summed E-state index contributed by atoms with van der Waals surface area (Å²) in [4.78, 5) is 2.15. The lowest BCUT2D eigenvalue weighted by molar-refractivity contribution is 0.598. The summed E-state index contributed by atoms with van der Waals surface area (Å²) in [7, 11) is 0.215. The monoisotopic (exact) mass is 335 g/mol. The van der Waals surface area contributed by atoms with E-state index in [-0.39, 0.29) is 4.90 Å². The van der Waals surface area contributed by atoms with Crippen molar-refractivity contribution in [2.24, 2.45) is 8.13 Å². The van der Waals surface area contributed by atoms with Crippen molar-refractivity contribution in [2.75, 3.05) is 19.0 Å². The number of anilines is 1. The highest BCUT2D eigenvalue weighted by atomic mass is 32.2. The van der Waals surface area contributed by atoms with Crippen LogP contribution in [0.25, 0.3) is 0 Å². The summed E-state index contributed by atoms with van der Waals surface area (Å²) in [6.45, 7) is 1.90. The minimum absolute atomic E-state index is 0.170. The van der Waals surface area contributed by atoms with Crippen molar-refractivity contribution in [1.29, 1.82) is 0 Å². The molecule has 0 bridgehead atoms. The van der Waals surface area contributed by atoms with Gasteiger partial charge in [0.1, 0.15) is 0 Å². The summed E-state index contributed by atoms with van der Waals surface area (Å²) < 4.78 is 31.8. The van der Waals surface area contributed by atoms with Crippen LogP contribution in [0.3, 0.4) is 0 Å². The van der Waals surface area contributed by atoms with Crippen LogP contribution in [-0.4, -0.2) is 22.5 Å². The van der Waals surface area contributed by atoms with Crippen LogP contribution >= 0.6 is 0 Å². The number of rotatable bonds is 4. The zero-order chi connectivity index (χ0) is 16.2. The molecule has 0 radical (unpaired) electrons. The van der Waals surface area contributed by atoms with Gasteiger partial charge in [-0.25, -0.2) is 0 Å². The number of hydrogen-bond donors (Lipinski definition) is 0. The molecule has 0 N–H and O–H groups in total. The molecule has 2 aromatic rings. The maximum Gasteiger partial charge on any atom is 0.293 e. The van der Waals surface area contributed by atoms with Gasteiger partial charge in [0.2, 0.25) is 0 Å². The van der Waals surface area contributed by atoms with Crippen molar-refractivity contribution in [1.82, 2.24) is 0 Å². The van der Waals surface area contributed by atoms with E-state index >= 15 is 0 Å². The Balaban J connectivity index is 2.21. The first-order valence-electron chi connectivity index (χ1n) is 6.57. The average Bonchev–Trinajstić information content (AvgIpc) is 2.48. The quantitative estimate of drug-likeness (QED) is 0.858. The van der Waals surface area contributed by atoms with Gasteiger partial charge in [0.05, 0.1) is 21.9 Å². The van der Waals surface area contributed by atoms with Gasteiger partial charge in [0.25, 0.3) is 10.0 Å². The number of hydrogen-bond acceptors (Lipinski definition) is 4. The first-order valence-corrected chi connectivity index (χ1v) is 8.74. The summed E-state index contributed by atoms with van der Waals surface area (Å²) in [5.74, 6) is 0. The van der Waals surface area contributed by atoms with Crippen LogP contribution in [0, 0.1) is 6.92 Å². The minimum atomic E-state index is -3.68. The number of aryl methyl sites for hydroxylation is 1. The van der Waals surface area contributed by atoms with Crippen LogP contribution in [0.15, 0.2) is 61.6 Å². The Morgan fingerprint density at radius 2 is 1.55 bits per heavy atom. The molecule has 0 amide bonds. The first-order chi connectivity index (χ1) is 10.4. The van der Waals surface area contributed by atoms with Crippen LogP contribution in [0.5, 0.6) is 0 Å². The van der Waals surface area contributed by atoms with Crippen LogP contribution in [0.1, 0.15) is 5.56 Å². The summed E-state index contributed by atoms with van der Waals surface area (Å²) in [6, 6.07) is 14.0. The molecule has 116 valence electrons. The maximum absolute atomic E-state index is 12.0. The van der Waals surface area contributed by atoms with E-state index in [4.69, 9.17) is 0 Å². The molecule has 0 aromatic heterocycles. The lowest BCUT2D eigenvalue weighted by atomic mass is 10.2. The molecule has 0 heterocycles. The molecule has 0 aliphatic heterocycles. The molecule has 0 atom stereocenters. The molecule has 2 aromatic carbocycles. The molecule has 0 saturated heterocycles. The van der Waals surface area contributed by atoms with Crippen molar-refractivity contribution in [3.05, 3.63) is 54.1 Å². The van der Waals surface area contributed by atoms with Crippen LogP contribution in [-0.2, 0) is 21.4 Å². The molecule has 0 aliphatic rings. The van der Waals surface area contributed by atoms with Crippen LogP contribution in [0.2, 0.25) is 0 Å². The second-order valence-corrected chi connectivity index (χ2v) is 7.31. The molecule has 7 heteroatoms. The highest BCUT2D eigenvalue weighted by molar-refractivity contribution is 7.93. The molecular formula is C15H17N3O2S2. The summed E-state index contributed by atoms with van der Waals surface area (Å²) in [6.07, 6.45) is 0. The molecule has 0 saturated carbocycles. The standard InChI is InChI=1S/C15H17N3O2S2/c1-12-4-10-15(11-5-12)22(19,20)17-21-16-13-6-8-14(9-7-13)18(2)3/h4-11H,1-3H3. The highest BCUT2D eigenvalue weighted by Crippen LogP contribution is 2.18. The zero-order valence-electron chi connectivity index (χ0n) is 12.6. The number of sulfonamides is 1. The molecule has 0 aliphatic carbocycles. The Morgan fingerprint density at radius 1 is 0.955 bits per heavy atom.